The molecule has 0 aliphatic heterocycles. The van der Waals surface area contributed by atoms with Crippen molar-refractivity contribution < 1.29 is 4.79 Å². The van der Waals surface area contributed by atoms with Crippen LogP contribution in [0.2, 0.25) is 0 Å². The van der Waals surface area contributed by atoms with Gasteiger partial charge < -0.3 is 10.6 Å². The Kier molecular flexibility index (Phi) is 3.57. The fourth-order valence-corrected chi connectivity index (χ4v) is 2.16. The van der Waals surface area contributed by atoms with E-state index in [0.717, 1.165) is 13.0 Å². The van der Waals surface area contributed by atoms with E-state index in [-0.39, 0.29) is 5.91 Å². The predicted octanol–water partition coefficient (Wildman–Crippen LogP) is 1.05. The van der Waals surface area contributed by atoms with Crippen LogP contribution < -0.4 is 10.6 Å². The predicted molar refractivity (Wildman–Crippen MR) is 64.4 cm³/mol. The van der Waals surface area contributed by atoms with Crippen LogP contribution in [-0.4, -0.2) is 25.5 Å². The van der Waals surface area contributed by atoms with Crippen LogP contribution in [0.1, 0.15) is 24.0 Å². The molecular weight excluding hydrogens is 200 g/mol. The zero-order chi connectivity index (χ0) is 11.4. The second-order valence-electron chi connectivity index (χ2n) is 4.18. The minimum absolute atomic E-state index is 0.0788. The smallest absolute Gasteiger partial charge is 0.233 e. The Morgan fingerprint density at radius 2 is 2.25 bits per heavy atom. The number of carbonyl (C=O) groups is 1. The highest BCUT2D eigenvalue weighted by atomic mass is 16.1. The first kappa shape index (κ1) is 11.1. The van der Waals surface area contributed by atoms with Crippen LogP contribution in [0.3, 0.4) is 0 Å². The Hall–Kier alpha value is -1.35. The third-order valence-electron chi connectivity index (χ3n) is 3.01. The lowest BCUT2D eigenvalue weighted by Gasteiger charge is -2.30. The minimum Gasteiger partial charge on any atom is -0.355 e. The van der Waals surface area contributed by atoms with Gasteiger partial charge in [0.1, 0.15) is 0 Å². The van der Waals surface area contributed by atoms with Gasteiger partial charge in [0, 0.05) is 19.0 Å². The molecular formula is C13H18N2O. The number of hydrogen-bond donors (Lipinski definition) is 2. The molecule has 1 atom stereocenters. The lowest BCUT2D eigenvalue weighted by Crippen LogP contribution is -2.37. The van der Waals surface area contributed by atoms with Crippen molar-refractivity contribution in [1.82, 2.24) is 10.6 Å². The molecule has 0 saturated heterocycles. The highest BCUT2D eigenvalue weighted by Crippen LogP contribution is 2.33. The maximum atomic E-state index is 11.2. The maximum Gasteiger partial charge on any atom is 0.233 e. The molecule has 0 fully saturated rings. The van der Waals surface area contributed by atoms with Crippen molar-refractivity contribution in [2.24, 2.45) is 0 Å². The number of rotatable bonds is 5. The molecule has 0 spiro atoms. The number of amides is 1. The van der Waals surface area contributed by atoms with Crippen LogP contribution in [0.4, 0.5) is 0 Å². The average Bonchev–Trinajstić information content (AvgIpc) is 2.25. The lowest BCUT2D eigenvalue weighted by molar-refractivity contribution is -0.120. The Balaban J connectivity index is 1.72. The van der Waals surface area contributed by atoms with Gasteiger partial charge in [-0.25, -0.2) is 0 Å². The zero-order valence-corrected chi connectivity index (χ0v) is 9.62. The summed E-state index contributed by atoms with van der Waals surface area (Å²) < 4.78 is 0. The molecule has 1 aromatic carbocycles. The van der Waals surface area contributed by atoms with Crippen LogP contribution in [0.25, 0.3) is 0 Å². The molecule has 0 aromatic heterocycles. The van der Waals surface area contributed by atoms with Gasteiger partial charge in [-0.2, -0.15) is 0 Å². The van der Waals surface area contributed by atoms with Gasteiger partial charge in [0.15, 0.2) is 0 Å². The van der Waals surface area contributed by atoms with E-state index in [1.165, 1.54) is 11.1 Å². The lowest BCUT2D eigenvalue weighted by atomic mass is 9.78. The van der Waals surface area contributed by atoms with E-state index < -0.39 is 0 Å². The fraction of sp³-hybridized carbons (Fsp3) is 0.462. The molecule has 3 heteroatoms. The van der Waals surface area contributed by atoms with Gasteiger partial charge in [0.05, 0.1) is 6.54 Å². The van der Waals surface area contributed by atoms with Gasteiger partial charge in [-0.1, -0.05) is 24.3 Å². The van der Waals surface area contributed by atoms with Gasteiger partial charge in [-0.15, -0.1) is 0 Å². The molecule has 0 bridgehead atoms. The van der Waals surface area contributed by atoms with Gasteiger partial charge >= 0.3 is 0 Å². The number of hydrogen-bond acceptors (Lipinski definition) is 2. The first-order valence-electron chi connectivity index (χ1n) is 5.86. The van der Waals surface area contributed by atoms with Crippen molar-refractivity contribution in [2.75, 3.05) is 19.6 Å². The molecule has 1 aliphatic carbocycles. The summed E-state index contributed by atoms with van der Waals surface area (Å²) in [7, 11) is 0. The first-order chi connectivity index (χ1) is 7.81. The summed E-state index contributed by atoms with van der Waals surface area (Å²) in [6, 6.07) is 8.51. The van der Waals surface area contributed by atoms with E-state index in [2.05, 4.69) is 34.9 Å². The number of nitrogens with one attached hydrogen (secondary N) is 2. The SMILES string of the molecule is CCNC(=O)CNCC1Cc2ccccc21. The quantitative estimate of drug-likeness (QED) is 0.775. The monoisotopic (exact) mass is 218 g/mol. The summed E-state index contributed by atoms with van der Waals surface area (Å²) in [5, 5.41) is 5.97. The third kappa shape index (κ3) is 2.42. The highest BCUT2D eigenvalue weighted by Gasteiger charge is 2.24. The topological polar surface area (TPSA) is 41.1 Å². The van der Waals surface area contributed by atoms with E-state index in [0.29, 0.717) is 19.0 Å². The van der Waals surface area contributed by atoms with E-state index in [1.54, 1.807) is 0 Å². The Morgan fingerprint density at radius 1 is 1.44 bits per heavy atom. The van der Waals surface area contributed by atoms with Crippen molar-refractivity contribution in [3.8, 4) is 0 Å². The van der Waals surface area contributed by atoms with Crippen LogP contribution >= 0.6 is 0 Å². The summed E-state index contributed by atoms with van der Waals surface area (Å²) in [6.07, 6.45) is 1.14. The molecule has 1 amide bonds. The number of fused-ring (bicyclic) bond motifs is 1. The number of likely N-dealkylation sites (N-methyl/N-ethyl adjacent to an activating group) is 1. The number of benzene rings is 1. The van der Waals surface area contributed by atoms with Gasteiger partial charge in [-0.3, -0.25) is 4.79 Å². The summed E-state index contributed by atoms with van der Waals surface area (Å²) in [6.45, 7) is 3.95. The molecule has 1 unspecified atom stereocenters. The van der Waals surface area contributed by atoms with E-state index in [4.69, 9.17) is 0 Å². The Bertz CT molecular complexity index is 376. The molecule has 0 saturated carbocycles. The van der Waals surface area contributed by atoms with Crippen molar-refractivity contribution in [3.63, 3.8) is 0 Å². The van der Waals surface area contributed by atoms with Crippen LogP contribution in [0.15, 0.2) is 24.3 Å². The molecule has 86 valence electrons. The van der Waals surface area contributed by atoms with Crippen LogP contribution in [0.5, 0.6) is 0 Å². The second kappa shape index (κ2) is 5.12. The van der Waals surface area contributed by atoms with E-state index in [9.17, 15) is 4.79 Å². The first-order valence-corrected chi connectivity index (χ1v) is 5.86. The average molecular weight is 218 g/mol. The standard InChI is InChI=1S/C13H18N2O/c1-2-15-13(16)9-14-8-11-7-10-5-3-4-6-12(10)11/h3-6,11,14H,2,7-9H2,1H3,(H,15,16). The molecule has 2 rings (SSSR count). The van der Waals surface area contributed by atoms with Crippen molar-refractivity contribution in [2.45, 2.75) is 19.3 Å². The molecule has 0 heterocycles. The molecule has 0 radical (unpaired) electrons. The molecule has 3 nitrogen and oxygen atoms in total. The Labute approximate surface area is 96.2 Å². The molecule has 1 aliphatic rings. The van der Waals surface area contributed by atoms with Gasteiger partial charge in [0.2, 0.25) is 5.91 Å². The highest BCUT2D eigenvalue weighted by molar-refractivity contribution is 5.77. The summed E-state index contributed by atoms with van der Waals surface area (Å²) >= 11 is 0. The summed E-state index contributed by atoms with van der Waals surface area (Å²) in [5.74, 6) is 0.667. The number of carbonyl (C=O) groups excluding carboxylic acids is 1. The summed E-state index contributed by atoms with van der Waals surface area (Å²) in [4.78, 5) is 11.2. The van der Waals surface area contributed by atoms with Crippen molar-refractivity contribution >= 4 is 5.91 Å². The molecule has 2 N–H and O–H groups in total. The largest absolute Gasteiger partial charge is 0.355 e. The molecule has 16 heavy (non-hydrogen) atoms. The van der Waals surface area contributed by atoms with Crippen LogP contribution in [-0.2, 0) is 11.2 Å². The zero-order valence-electron chi connectivity index (χ0n) is 9.62. The summed E-state index contributed by atoms with van der Waals surface area (Å²) in [5.41, 5.74) is 2.89. The van der Waals surface area contributed by atoms with Crippen LogP contribution in [0, 0.1) is 0 Å². The van der Waals surface area contributed by atoms with Crippen molar-refractivity contribution in [1.29, 1.82) is 0 Å². The third-order valence-corrected chi connectivity index (χ3v) is 3.01. The Morgan fingerprint density at radius 3 is 3.00 bits per heavy atom. The fourth-order valence-electron chi connectivity index (χ4n) is 2.16. The minimum atomic E-state index is 0.0788. The van der Waals surface area contributed by atoms with Gasteiger partial charge in [0.25, 0.3) is 0 Å². The van der Waals surface area contributed by atoms with E-state index >= 15 is 0 Å². The maximum absolute atomic E-state index is 11.2. The second-order valence-corrected chi connectivity index (χ2v) is 4.18. The van der Waals surface area contributed by atoms with Gasteiger partial charge in [-0.05, 0) is 24.5 Å². The van der Waals surface area contributed by atoms with E-state index in [1.807, 2.05) is 6.92 Å². The molecule has 1 aromatic rings. The normalized spacial score (nSPS) is 17.4. The van der Waals surface area contributed by atoms with Crippen molar-refractivity contribution in [3.05, 3.63) is 35.4 Å².